The topological polar surface area (TPSA) is 92.7 Å². The van der Waals surface area contributed by atoms with Gasteiger partial charge in [-0.3, -0.25) is 0 Å². The van der Waals surface area contributed by atoms with Crippen LogP contribution in [0, 0.1) is 0 Å². The van der Waals surface area contributed by atoms with Gasteiger partial charge < -0.3 is 9.74 Å². The Bertz CT molecular complexity index is 1860. The summed E-state index contributed by atoms with van der Waals surface area (Å²) in [6, 6.07) is 12.8. The molecule has 1 aliphatic rings. The molecule has 0 fully saturated rings. The largest absolute Gasteiger partial charge is 0.493 e. The predicted molar refractivity (Wildman–Crippen MR) is 148 cm³/mol. The van der Waals surface area contributed by atoms with Crippen LogP contribution in [0.4, 0.5) is 32.2 Å². The van der Waals surface area contributed by atoms with Gasteiger partial charge in [-0.25, -0.2) is 14.8 Å². The third-order valence-corrected chi connectivity index (χ3v) is 8.46. The predicted octanol–water partition coefficient (Wildman–Crippen LogP) is 6.25. The average molecular weight is 637 g/mol. The summed E-state index contributed by atoms with van der Waals surface area (Å²) >= 11 is 0. The van der Waals surface area contributed by atoms with Gasteiger partial charge in [-0.05, 0) is 70.8 Å². The molecule has 3 aromatic carbocycles. The number of hydrogen-bond donors (Lipinski definition) is 0. The number of fused-ring (bicyclic) bond motifs is 1. The van der Waals surface area contributed by atoms with Crippen molar-refractivity contribution in [2.24, 2.45) is 0 Å². The molecule has 0 saturated heterocycles. The first-order valence-electron chi connectivity index (χ1n) is 12.9. The first kappa shape index (κ1) is 30.9. The Labute approximate surface area is 247 Å². The number of nitrogens with zero attached hydrogens (tertiary/aromatic N) is 4. The highest BCUT2D eigenvalue weighted by molar-refractivity contribution is 7.92. The van der Waals surface area contributed by atoms with E-state index < -0.39 is 44.6 Å². The van der Waals surface area contributed by atoms with E-state index in [2.05, 4.69) is 14.8 Å². The van der Waals surface area contributed by atoms with Crippen LogP contribution in [-0.2, 0) is 25.8 Å². The number of likely N-dealkylation sites (N-methyl/N-ethyl adjacent to an activating group) is 1. The number of hydrogen-bond acceptors (Lipinski definition) is 7. The lowest BCUT2D eigenvalue weighted by Gasteiger charge is -2.24. The highest BCUT2D eigenvalue weighted by Crippen LogP contribution is 2.40. The number of benzene rings is 3. The van der Waals surface area contributed by atoms with Gasteiger partial charge in [0.25, 0.3) is 10.0 Å². The maximum Gasteiger partial charge on any atom is 0.493 e. The van der Waals surface area contributed by atoms with Crippen LogP contribution in [0.3, 0.4) is 0 Å². The summed E-state index contributed by atoms with van der Waals surface area (Å²) in [5.74, 6) is -3.45. The van der Waals surface area contributed by atoms with Gasteiger partial charge in [0.2, 0.25) is 0 Å². The van der Waals surface area contributed by atoms with Gasteiger partial charge in [-0.2, -0.15) is 34.8 Å². The van der Waals surface area contributed by atoms with Gasteiger partial charge in [-0.15, -0.1) is 0 Å². The Hall–Kier alpha value is -4.50. The molecule has 0 bridgehead atoms. The van der Waals surface area contributed by atoms with Crippen LogP contribution in [0.1, 0.15) is 17.5 Å². The smallest absolute Gasteiger partial charge is 0.315 e. The number of anilines is 1. The van der Waals surface area contributed by atoms with Gasteiger partial charge in [0, 0.05) is 25.4 Å². The summed E-state index contributed by atoms with van der Waals surface area (Å²) in [4.78, 5) is 24.6. The second kappa shape index (κ2) is 11.5. The number of aromatic nitrogens is 2. The Kier molecular flexibility index (Phi) is 8.11. The van der Waals surface area contributed by atoms with Gasteiger partial charge in [0.05, 0.1) is 10.5 Å². The van der Waals surface area contributed by atoms with Crippen molar-refractivity contribution >= 4 is 38.2 Å². The molecule has 4 aromatic rings. The summed E-state index contributed by atoms with van der Waals surface area (Å²) in [5.41, 5.74) is 1.28. The summed E-state index contributed by atoms with van der Waals surface area (Å²) in [6.07, 6.45) is -5.82. The van der Waals surface area contributed by atoms with Crippen molar-refractivity contribution in [3.05, 3.63) is 90.4 Å². The van der Waals surface area contributed by atoms with Crippen molar-refractivity contribution in [2.75, 3.05) is 24.6 Å². The molecule has 5 rings (SSSR count). The third-order valence-electron chi connectivity index (χ3n) is 6.91. The molecule has 0 aliphatic carbocycles. The van der Waals surface area contributed by atoms with E-state index in [1.165, 1.54) is 18.2 Å². The lowest BCUT2D eigenvalue weighted by Crippen LogP contribution is -2.39. The molecule has 44 heavy (non-hydrogen) atoms. The highest BCUT2D eigenvalue weighted by atomic mass is 32.2. The Morgan fingerprint density at radius 1 is 0.955 bits per heavy atom. The zero-order chi connectivity index (χ0) is 31.9. The minimum Gasteiger partial charge on any atom is -0.315 e. The number of carbonyl (C=O) groups excluding carboxylic acids is 1. The van der Waals surface area contributed by atoms with Crippen LogP contribution in [0.5, 0.6) is 0 Å². The van der Waals surface area contributed by atoms with E-state index in [-0.39, 0.29) is 4.47 Å². The molecular weight excluding hydrogens is 614 g/mol. The van der Waals surface area contributed by atoms with Crippen molar-refractivity contribution in [3.8, 4) is 11.1 Å². The van der Waals surface area contributed by atoms with Crippen LogP contribution in [-0.4, -0.2) is 55.6 Å². The molecule has 0 amide bonds. The minimum absolute atomic E-state index is 0.240. The van der Waals surface area contributed by atoms with Crippen LogP contribution >= 0.6 is 0 Å². The van der Waals surface area contributed by atoms with Crippen molar-refractivity contribution < 1.29 is 44.4 Å². The van der Waals surface area contributed by atoms with E-state index in [0.717, 1.165) is 48.4 Å². The third kappa shape index (κ3) is 6.24. The fourth-order valence-electron chi connectivity index (χ4n) is 4.73. The molecule has 1 aliphatic heterocycles. The molecule has 0 atom stereocenters. The maximum atomic E-state index is 13.7. The number of rotatable bonds is 6. The Morgan fingerprint density at radius 2 is 1.73 bits per heavy atom. The Balaban J connectivity index is 1.62. The van der Waals surface area contributed by atoms with Crippen LogP contribution < -0.4 is 4.47 Å². The molecular formula is C29H22F6N4O4S. The van der Waals surface area contributed by atoms with E-state index in [1.54, 1.807) is 12.1 Å². The lowest BCUT2D eigenvalue weighted by molar-refractivity contribution is -0.199. The molecule has 0 radical (unpaired) electrons. The Morgan fingerprint density at radius 3 is 2.36 bits per heavy atom. The van der Waals surface area contributed by atoms with Crippen molar-refractivity contribution in [3.63, 3.8) is 0 Å². The maximum absolute atomic E-state index is 13.7. The number of alkyl halides is 6. The van der Waals surface area contributed by atoms with Crippen LogP contribution in [0.2, 0.25) is 0 Å². The van der Waals surface area contributed by atoms with Gasteiger partial charge in [0.1, 0.15) is 6.33 Å². The molecule has 8 nitrogen and oxygen atoms in total. The van der Waals surface area contributed by atoms with Gasteiger partial charge >= 0.3 is 18.3 Å². The normalized spacial score (nSPS) is 14.8. The van der Waals surface area contributed by atoms with E-state index in [9.17, 15) is 39.6 Å². The number of sulfonamides is 1. The van der Waals surface area contributed by atoms with Gasteiger partial charge in [0.15, 0.2) is 5.82 Å². The lowest BCUT2D eigenvalue weighted by atomic mass is 9.88. The molecule has 0 N–H and O–H groups in total. The summed E-state index contributed by atoms with van der Waals surface area (Å²) in [6.45, 7) is 1.18. The summed E-state index contributed by atoms with van der Waals surface area (Å²) in [7, 11) is -3.07. The first-order valence-corrected chi connectivity index (χ1v) is 14.3. The fraction of sp³-hybridized carbons (Fsp3) is 0.207. The molecule has 0 saturated carbocycles. The SMILES string of the molecule is CN1CC=C(c2cc(C(F)(F)F)ccc2-c2cccc3cc(S(=O)(=O)N(OC(=O)C(F)(F)F)c4ccncn4)ccc23)CC1. The van der Waals surface area contributed by atoms with E-state index in [0.29, 0.717) is 47.0 Å². The van der Waals surface area contributed by atoms with E-state index in [4.69, 9.17) is 0 Å². The van der Waals surface area contributed by atoms with E-state index >= 15 is 0 Å². The zero-order valence-electron chi connectivity index (χ0n) is 22.7. The van der Waals surface area contributed by atoms with E-state index in [1.807, 2.05) is 18.0 Å². The van der Waals surface area contributed by atoms with Crippen molar-refractivity contribution in [1.29, 1.82) is 0 Å². The molecule has 230 valence electrons. The molecule has 1 aromatic heterocycles. The molecule has 2 heterocycles. The molecule has 15 heteroatoms. The van der Waals surface area contributed by atoms with Gasteiger partial charge in [-0.1, -0.05) is 40.9 Å². The summed E-state index contributed by atoms with van der Waals surface area (Å²) in [5, 5.41) is 0.762. The van der Waals surface area contributed by atoms with Crippen LogP contribution in [0.25, 0.3) is 27.5 Å². The summed E-state index contributed by atoms with van der Waals surface area (Å²) < 4.78 is 107. The second-order valence-corrected chi connectivity index (χ2v) is 11.6. The number of halogens is 6. The van der Waals surface area contributed by atoms with Crippen molar-refractivity contribution in [1.82, 2.24) is 14.9 Å². The van der Waals surface area contributed by atoms with Crippen LogP contribution in [0.15, 0.2) is 84.2 Å². The average Bonchev–Trinajstić information content (AvgIpc) is 2.98. The second-order valence-electron chi connectivity index (χ2n) is 9.86. The standard InChI is InChI=1S/C29H22F6N4O4S/c1-38-13-10-18(11-14-38)25-16-20(28(30,31)32)5-7-24(25)23-4-2-3-19-15-21(6-8-22(19)23)44(41,42)39(26-9-12-36-17-37-26)43-27(40)29(33,34)35/h2-10,12,15-17H,11,13-14H2,1H3. The number of carbonyl (C=O) groups is 1. The fourth-order valence-corrected chi connectivity index (χ4v) is 5.95. The molecule has 0 unspecified atom stereocenters. The quantitative estimate of drug-likeness (QED) is 0.183. The first-order chi connectivity index (χ1) is 20.7. The monoisotopic (exact) mass is 636 g/mol. The highest BCUT2D eigenvalue weighted by Gasteiger charge is 2.45. The zero-order valence-corrected chi connectivity index (χ0v) is 23.5. The van der Waals surface area contributed by atoms with Crippen molar-refractivity contribution in [2.45, 2.75) is 23.7 Å². The molecule has 0 spiro atoms. The minimum atomic E-state index is -5.51.